The van der Waals surface area contributed by atoms with Gasteiger partial charge < -0.3 is 24.8 Å². The van der Waals surface area contributed by atoms with Crippen LogP contribution in [0.5, 0.6) is 0 Å². The fraction of sp³-hybridized carbons (Fsp3) is 0.385. The average Bonchev–Trinajstić information content (AvgIpc) is 3.47. The number of hydrogen-bond donors (Lipinski definition) is 0. The van der Waals surface area contributed by atoms with Crippen LogP contribution >= 0.6 is 0 Å². The van der Waals surface area contributed by atoms with Crippen molar-refractivity contribution in [1.82, 2.24) is 0 Å². The second kappa shape index (κ2) is 17.9. The Bertz CT molecular complexity index is 1480. The van der Waals surface area contributed by atoms with Gasteiger partial charge in [-0.15, -0.1) is 39.7 Å². The van der Waals surface area contributed by atoms with E-state index in [4.69, 9.17) is 0 Å². The second-order valence-electron chi connectivity index (χ2n) is 13.4. The summed E-state index contributed by atoms with van der Waals surface area (Å²) in [5.41, 5.74) is 5.41. The van der Waals surface area contributed by atoms with Crippen molar-refractivity contribution in [3.8, 4) is 0 Å². The van der Waals surface area contributed by atoms with E-state index in [9.17, 15) is 13.2 Å². The third-order valence-corrected chi connectivity index (χ3v) is 7.41. The topological polar surface area (TPSA) is 0 Å². The molecule has 0 radical (unpaired) electrons. The minimum absolute atomic E-state index is 0. The Morgan fingerprint density at radius 1 is 0.756 bits per heavy atom. The molecule has 0 nitrogen and oxygen atoms in total. The molecular formula is C39H46Cl2F3Zr-3. The molecule has 1 aliphatic carbocycles. The van der Waals surface area contributed by atoms with Crippen molar-refractivity contribution in [2.45, 2.75) is 86.2 Å². The maximum atomic E-state index is 11.8. The van der Waals surface area contributed by atoms with Crippen molar-refractivity contribution in [2.75, 3.05) is 0 Å². The SMILES string of the molecule is CC(C)(C)c1ccc2c(c1)[cH-]c1cc(C(C)(C)C)ccc12.CC1=[C-]C(C)C=C1C(C)C.FC(F)(F)c1cc[c-]cc1.[CH2]=[Zr+2].[Cl-].[Cl-]. The van der Waals surface area contributed by atoms with Gasteiger partial charge in [0.15, 0.2) is 0 Å². The standard InChI is InChI=1S/C21H25.C10H15.C7H4F3.CH2.2ClH.Zr/c1-20(2,3)16-7-9-18-14(12-16)11-15-13-17(21(4,5)6)8-10-19(15)18;1-7(2)10-6-8(3)5-9(10)4;8-7(9,10)6-4-2-1-3-5-6;;;;/h7-13H,1-6H3;6-8H,1-4H3;2-5H;1H2;2*1H;/q3*-1;;;;+2/p-2. The first-order chi connectivity index (χ1) is 19.9. The second-order valence-corrected chi connectivity index (χ2v) is 13.4. The summed E-state index contributed by atoms with van der Waals surface area (Å²) in [6, 6.07) is 23.1. The van der Waals surface area contributed by atoms with Crippen LogP contribution in [-0.2, 0) is 41.2 Å². The Morgan fingerprint density at radius 3 is 1.44 bits per heavy atom. The zero-order chi connectivity index (χ0) is 32.8. The maximum absolute atomic E-state index is 11.8. The third kappa shape index (κ3) is 12.3. The molecule has 0 bridgehead atoms. The summed E-state index contributed by atoms with van der Waals surface area (Å²) in [5, 5.41) is 5.48. The number of rotatable bonds is 1. The summed E-state index contributed by atoms with van der Waals surface area (Å²) in [7, 11) is 0. The fourth-order valence-corrected chi connectivity index (χ4v) is 5.02. The van der Waals surface area contributed by atoms with Gasteiger partial charge in [-0.25, -0.2) is 5.57 Å². The van der Waals surface area contributed by atoms with Gasteiger partial charge in [-0.2, -0.15) is 55.2 Å². The van der Waals surface area contributed by atoms with E-state index in [2.05, 4.69) is 134 Å². The summed E-state index contributed by atoms with van der Waals surface area (Å²) < 4.78 is 38.7. The molecule has 4 aromatic rings. The number of hydrogen-bond acceptors (Lipinski definition) is 0. The third-order valence-electron chi connectivity index (χ3n) is 7.41. The van der Waals surface area contributed by atoms with Gasteiger partial charge in [0.2, 0.25) is 0 Å². The van der Waals surface area contributed by atoms with Gasteiger partial charge in [0.05, 0.1) is 0 Å². The molecular weight excluding hydrogens is 688 g/mol. The molecule has 0 amide bonds. The maximum Gasteiger partial charge on any atom is -1.00 e. The molecule has 1 atom stereocenters. The molecule has 1 unspecified atom stereocenters. The van der Waals surface area contributed by atoms with Crippen molar-refractivity contribution >= 4 is 25.8 Å². The Kier molecular flexibility index (Phi) is 17.1. The van der Waals surface area contributed by atoms with E-state index in [1.807, 2.05) is 0 Å². The van der Waals surface area contributed by atoms with Crippen LogP contribution in [-0.4, -0.2) is 4.21 Å². The van der Waals surface area contributed by atoms with Crippen LogP contribution < -0.4 is 24.8 Å². The van der Waals surface area contributed by atoms with Crippen LogP contribution in [0, 0.1) is 24.0 Å². The molecule has 0 N–H and O–H groups in total. The molecule has 4 aromatic carbocycles. The average molecular weight is 734 g/mol. The quantitative estimate of drug-likeness (QED) is 0.219. The van der Waals surface area contributed by atoms with Gasteiger partial charge in [-0.3, -0.25) is 6.08 Å². The minimum atomic E-state index is -4.23. The minimum Gasteiger partial charge on any atom is -1.00 e. The molecule has 0 aliphatic heterocycles. The van der Waals surface area contributed by atoms with E-state index < -0.39 is 11.7 Å². The van der Waals surface area contributed by atoms with E-state index in [-0.39, 0.29) is 35.6 Å². The van der Waals surface area contributed by atoms with E-state index in [0.29, 0.717) is 11.8 Å². The molecule has 0 heterocycles. The van der Waals surface area contributed by atoms with E-state index in [1.165, 1.54) is 80.2 Å². The van der Waals surface area contributed by atoms with Crippen molar-refractivity contribution in [1.29, 1.82) is 0 Å². The monoisotopic (exact) mass is 731 g/mol. The number of halogens is 5. The van der Waals surface area contributed by atoms with Gasteiger partial charge >= 0.3 is 34.6 Å². The molecule has 244 valence electrons. The van der Waals surface area contributed by atoms with Crippen LogP contribution in [0.2, 0.25) is 0 Å². The Hall–Kier alpha value is -1.87. The van der Waals surface area contributed by atoms with Crippen molar-refractivity contribution in [3.63, 3.8) is 0 Å². The molecule has 0 saturated heterocycles. The predicted molar refractivity (Wildman–Crippen MR) is 176 cm³/mol. The van der Waals surface area contributed by atoms with Crippen molar-refractivity contribution in [2.24, 2.45) is 11.8 Å². The van der Waals surface area contributed by atoms with Crippen molar-refractivity contribution in [3.05, 3.63) is 113 Å². The predicted octanol–water partition coefficient (Wildman–Crippen LogP) is 5.75. The number of alkyl halides is 3. The summed E-state index contributed by atoms with van der Waals surface area (Å²) in [6.07, 6.45) is 1.45. The molecule has 45 heavy (non-hydrogen) atoms. The molecule has 0 fully saturated rings. The summed E-state index contributed by atoms with van der Waals surface area (Å²) in [6.45, 7) is 22.4. The molecule has 0 saturated carbocycles. The smallest absolute Gasteiger partial charge is 1.00 e. The first-order valence-corrected chi connectivity index (χ1v) is 16.5. The van der Waals surface area contributed by atoms with Crippen LogP contribution in [0.15, 0.2) is 84.0 Å². The van der Waals surface area contributed by atoms with Crippen LogP contribution in [0.3, 0.4) is 0 Å². The number of fused-ring (bicyclic) bond motifs is 3. The summed E-state index contributed by atoms with van der Waals surface area (Å²) >= 11 is 1.30. The fourth-order valence-electron chi connectivity index (χ4n) is 5.02. The van der Waals surface area contributed by atoms with Crippen LogP contribution in [0.4, 0.5) is 13.2 Å². The van der Waals surface area contributed by atoms with Gasteiger partial charge in [-0.05, 0) is 10.8 Å². The summed E-state index contributed by atoms with van der Waals surface area (Å²) in [4.78, 5) is 0. The summed E-state index contributed by atoms with van der Waals surface area (Å²) in [5.74, 6) is 1.20. The first-order valence-electron chi connectivity index (χ1n) is 14.7. The normalized spacial score (nSPS) is 14.4. The van der Waals surface area contributed by atoms with Crippen LogP contribution in [0.25, 0.3) is 21.5 Å². The number of benzene rings is 3. The Morgan fingerprint density at radius 2 is 1.18 bits per heavy atom. The van der Waals surface area contributed by atoms with E-state index >= 15 is 0 Å². The van der Waals surface area contributed by atoms with E-state index in [0.717, 1.165) is 12.1 Å². The molecule has 0 spiro atoms. The van der Waals surface area contributed by atoms with Crippen molar-refractivity contribution < 1.29 is 62.2 Å². The number of allylic oxidation sites excluding steroid dienone is 4. The largest absolute Gasteiger partial charge is 1.00 e. The van der Waals surface area contributed by atoms with Gasteiger partial charge in [0.1, 0.15) is 0 Å². The molecule has 1 aliphatic rings. The molecule has 5 rings (SSSR count). The zero-order valence-corrected chi connectivity index (χ0v) is 32.1. The first kappa shape index (κ1) is 43.1. The Balaban J connectivity index is 0.000000683. The van der Waals surface area contributed by atoms with Gasteiger partial charge in [-0.1, -0.05) is 122 Å². The van der Waals surface area contributed by atoms with E-state index in [1.54, 1.807) is 0 Å². The van der Waals surface area contributed by atoms with Gasteiger partial charge in [0, 0.05) is 0 Å². The molecule has 6 heteroatoms. The Labute approximate surface area is 297 Å². The van der Waals surface area contributed by atoms with Crippen LogP contribution in [0.1, 0.15) is 85.9 Å². The zero-order valence-electron chi connectivity index (χ0n) is 28.2. The molecule has 0 aromatic heterocycles. The van der Waals surface area contributed by atoms with Gasteiger partial charge in [0.25, 0.3) is 0 Å².